The summed E-state index contributed by atoms with van der Waals surface area (Å²) in [6.45, 7) is 16.9. The molecular formula is C29H49NO5Si. The van der Waals surface area contributed by atoms with Crippen molar-refractivity contribution in [1.29, 1.82) is 0 Å². The number of hydrogen-bond donors (Lipinski definition) is 0. The first kappa shape index (κ1) is 30.5. The fourth-order valence-electron chi connectivity index (χ4n) is 5.56. The molecule has 204 valence electrons. The highest BCUT2D eigenvalue weighted by Gasteiger charge is 2.51. The summed E-state index contributed by atoms with van der Waals surface area (Å²) < 4.78 is 11.3. The molecule has 36 heavy (non-hydrogen) atoms. The Balaban J connectivity index is 2.24. The lowest BCUT2D eigenvalue weighted by Gasteiger charge is -2.49. The lowest BCUT2D eigenvalue weighted by atomic mass is 9.53. The van der Waals surface area contributed by atoms with Crippen molar-refractivity contribution in [2.24, 2.45) is 29.1 Å². The van der Waals surface area contributed by atoms with E-state index in [0.29, 0.717) is 11.8 Å². The van der Waals surface area contributed by atoms with Crippen molar-refractivity contribution in [3.05, 3.63) is 24.3 Å². The molecular weight excluding hydrogens is 470 g/mol. The number of amides is 1. The van der Waals surface area contributed by atoms with Crippen LogP contribution in [0.3, 0.4) is 0 Å². The summed E-state index contributed by atoms with van der Waals surface area (Å²) in [5, 5.41) is -0.0366. The number of carbonyl (C=O) groups excluding carboxylic acids is 3. The fraction of sp³-hybridized carbons (Fsp3) is 0.759. The zero-order chi connectivity index (χ0) is 27.5. The number of hydrogen-bond acceptors (Lipinski definition) is 5. The molecule has 2 aliphatic rings. The van der Waals surface area contributed by atoms with Gasteiger partial charge in [0.15, 0.2) is 14.4 Å². The zero-order valence-electron chi connectivity index (χ0n) is 24.2. The molecule has 0 saturated heterocycles. The molecule has 0 heterocycles. The van der Waals surface area contributed by atoms with Gasteiger partial charge < -0.3 is 14.1 Å². The minimum Gasteiger partial charge on any atom is -0.467 e. The highest BCUT2D eigenvalue weighted by Crippen LogP contribution is 2.53. The molecule has 0 aliphatic heterocycles. The number of ether oxygens (including phenoxy) is 1. The molecule has 0 aromatic carbocycles. The molecule has 1 saturated carbocycles. The van der Waals surface area contributed by atoms with Crippen molar-refractivity contribution >= 4 is 26.0 Å². The topological polar surface area (TPSA) is 72.9 Å². The standard InChI is InChI=1S/C29H49NO5Si/c1-11-12-22-15-14-21-17-20(2)13-16-23(21)29(22,6)25(31)18-26(32)30(7)24(27(33)34-8)19-35-36(9,10)28(3,4)5/h11-12,14-15,20-24H,13,16-19H2,1-10H3/b12-11+/t20-,21-,22-,23-,24+,29-/m1/s1. The molecule has 1 fully saturated rings. The van der Waals surface area contributed by atoms with Gasteiger partial charge in [-0.2, -0.15) is 0 Å². The summed E-state index contributed by atoms with van der Waals surface area (Å²) in [5.41, 5.74) is -0.652. The highest BCUT2D eigenvalue weighted by atomic mass is 28.4. The third-order valence-electron chi connectivity index (χ3n) is 9.24. The molecule has 0 spiro atoms. The molecule has 0 N–H and O–H groups in total. The number of fused-ring (bicyclic) bond motifs is 1. The van der Waals surface area contributed by atoms with Gasteiger partial charge >= 0.3 is 5.97 Å². The van der Waals surface area contributed by atoms with Crippen LogP contribution >= 0.6 is 0 Å². The molecule has 6 atom stereocenters. The summed E-state index contributed by atoms with van der Waals surface area (Å²) >= 11 is 0. The van der Waals surface area contributed by atoms with Crippen molar-refractivity contribution in [2.75, 3.05) is 20.8 Å². The van der Waals surface area contributed by atoms with E-state index >= 15 is 0 Å². The molecule has 0 bridgehead atoms. The van der Waals surface area contributed by atoms with Crippen LogP contribution < -0.4 is 0 Å². The number of likely N-dealkylation sites (N-methyl/N-ethyl adjacent to an activating group) is 1. The first-order valence-electron chi connectivity index (χ1n) is 13.4. The van der Waals surface area contributed by atoms with Gasteiger partial charge in [0.1, 0.15) is 5.78 Å². The van der Waals surface area contributed by atoms with Gasteiger partial charge in [0.25, 0.3) is 0 Å². The summed E-state index contributed by atoms with van der Waals surface area (Å²) in [7, 11) is 0.736. The van der Waals surface area contributed by atoms with E-state index < -0.39 is 25.7 Å². The van der Waals surface area contributed by atoms with Crippen LogP contribution in [0.4, 0.5) is 0 Å². The first-order chi connectivity index (χ1) is 16.6. The van der Waals surface area contributed by atoms with Gasteiger partial charge in [0.2, 0.25) is 5.91 Å². The highest BCUT2D eigenvalue weighted by molar-refractivity contribution is 6.74. The van der Waals surface area contributed by atoms with Gasteiger partial charge in [-0.05, 0) is 55.7 Å². The third-order valence-corrected chi connectivity index (χ3v) is 13.7. The van der Waals surface area contributed by atoms with Crippen molar-refractivity contribution in [3.8, 4) is 0 Å². The van der Waals surface area contributed by atoms with E-state index in [1.54, 1.807) is 7.05 Å². The van der Waals surface area contributed by atoms with E-state index in [0.717, 1.165) is 19.3 Å². The summed E-state index contributed by atoms with van der Waals surface area (Å²) in [6, 6.07) is -0.891. The van der Waals surface area contributed by atoms with E-state index in [1.807, 2.05) is 19.9 Å². The molecule has 0 radical (unpaired) electrons. The molecule has 6 nitrogen and oxygen atoms in total. The van der Waals surface area contributed by atoms with Crippen molar-refractivity contribution in [2.45, 2.75) is 91.4 Å². The molecule has 7 heteroatoms. The maximum Gasteiger partial charge on any atom is 0.330 e. The lowest BCUT2D eigenvalue weighted by molar-refractivity contribution is -0.155. The van der Waals surface area contributed by atoms with Crippen molar-refractivity contribution in [1.82, 2.24) is 4.90 Å². The Bertz CT molecular complexity index is 873. The van der Waals surface area contributed by atoms with E-state index in [9.17, 15) is 14.4 Å². The average molecular weight is 520 g/mol. The Hall–Kier alpha value is -1.73. The van der Waals surface area contributed by atoms with Crippen LogP contribution in [0.2, 0.25) is 18.1 Å². The van der Waals surface area contributed by atoms with Crippen LogP contribution in [0.5, 0.6) is 0 Å². The van der Waals surface area contributed by atoms with E-state index in [2.05, 4.69) is 59.0 Å². The second-order valence-corrected chi connectivity index (χ2v) is 17.4. The lowest BCUT2D eigenvalue weighted by Crippen LogP contribution is -2.52. The maximum absolute atomic E-state index is 13.9. The van der Waals surface area contributed by atoms with E-state index in [-0.39, 0.29) is 41.6 Å². The SMILES string of the molecule is C/C=C/[C@@H]1C=C[C@@H]2C[C@H](C)CC[C@H]2[C@]1(C)C(=O)CC(=O)N(C)[C@@H](CO[Si](C)(C)C(C)(C)C)C(=O)OC. The maximum atomic E-state index is 13.9. The van der Waals surface area contributed by atoms with E-state index in [1.165, 1.54) is 12.0 Å². The Labute approximate surface area is 220 Å². The Kier molecular flexibility index (Phi) is 9.96. The van der Waals surface area contributed by atoms with Gasteiger partial charge in [-0.25, -0.2) is 4.79 Å². The zero-order valence-corrected chi connectivity index (χ0v) is 25.2. The van der Waals surface area contributed by atoms with Crippen LogP contribution in [-0.2, 0) is 23.5 Å². The number of nitrogens with zero attached hydrogens (tertiary/aromatic N) is 1. The largest absolute Gasteiger partial charge is 0.467 e. The second kappa shape index (κ2) is 11.8. The predicted octanol–water partition coefficient (Wildman–Crippen LogP) is 5.79. The normalized spacial score (nSPS) is 29.5. The number of esters is 1. The minimum absolute atomic E-state index is 0.0366. The molecule has 2 rings (SSSR count). The molecule has 0 aromatic heterocycles. The number of rotatable bonds is 9. The Morgan fingerprint density at radius 1 is 1.19 bits per heavy atom. The van der Waals surface area contributed by atoms with Gasteiger partial charge in [-0.15, -0.1) is 0 Å². The van der Waals surface area contributed by atoms with Crippen LogP contribution in [-0.4, -0.2) is 57.7 Å². The average Bonchev–Trinajstić information content (AvgIpc) is 2.79. The molecule has 0 aromatic rings. The number of carbonyl (C=O) groups is 3. The van der Waals surface area contributed by atoms with Crippen LogP contribution in [0.25, 0.3) is 0 Å². The summed E-state index contributed by atoms with van der Waals surface area (Å²) in [4.78, 5) is 41.3. The Morgan fingerprint density at radius 2 is 1.83 bits per heavy atom. The fourth-order valence-corrected chi connectivity index (χ4v) is 6.57. The summed E-state index contributed by atoms with van der Waals surface area (Å²) in [6.07, 6.45) is 11.5. The number of Topliss-reactive ketones (excluding diaryl/α,β-unsaturated/α-hetero) is 1. The number of allylic oxidation sites excluding steroid dienone is 4. The van der Waals surface area contributed by atoms with Gasteiger partial charge in [0, 0.05) is 18.4 Å². The summed E-state index contributed by atoms with van der Waals surface area (Å²) in [5.74, 6) is 0.220. The van der Waals surface area contributed by atoms with E-state index in [4.69, 9.17) is 9.16 Å². The third kappa shape index (κ3) is 6.39. The predicted molar refractivity (Wildman–Crippen MR) is 147 cm³/mol. The minimum atomic E-state index is -2.15. The van der Waals surface area contributed by atoms with Crippen molar-refractivity contribution < 1.29 is 23.5 Å². The Morgan fingerprint density at radius 3 is 2.39 bits per heavy atom. The molecule has 2 aliphatic carbocycles. The van der Waals surface area contributed by atoms with Crippen LogP contribution in [0.1, 0.15) is 67.2 Å². The molecule has 1 amide bonds. The van der Waals surface area contributed by atoms with Gasteiger partial charge in [-0.1, -0.05) is 65.3 Å². The second-order valence-electron chi connectivity index (χ2n) is 12.6. The molecule has 0 unspecified atom stereocenters. The monoisotopic (exact) mass is 519 g/mol. The van der Waals surface area contributed by atoms with Crippen LogP contribution in [0.15, 0.2) is 24.3 Å². The number of ketones is 1. The van der Waals surface area contributed by atoms with Crippen molar-refractivity contribution in [3.63, 3.8) is 0 Å². The number of methoxy groups -OCH3 is 1. The van der Waals surface area contributed by atoms with Gasteiger partial charge in [0.05, 0.1) is 20.1 Å². The quantitative estimate of drug-likeness (QED) is 0.167. The van der Waals surface area contributed by atoms with Gasteiger partial charge in [-0.3, -0.25) is 9.59 Å². The first-order valence-corrected chi connectivity index (χ1v) is 16.3. The van der Waals surface area contributed by atoms with Crippen LogP contribution in [0, 0.1) is 29.1 Å². The smallest absolute Gasteiger partial charge is 0.330 e.